The van der Waals surface area contributed by atoms with Crippen LogP contribution < -0.4 is 4.74 Å². The Labute approximate surface area is 83.1 Å². The van der Waals surface area contributed by atoms with Crippen LogP contribution >= 0.6 is 0 Å². The molecule has 0 saturated carbocycles. The summed E-state index contributed by atoms with van der Waals surface area (Å²) in [4.78, 5) is 0. The number of rotatable bonds is 2. The van der Waals surface area contributed by atoms with Crippen molar-refractivity contribution in [3.05, 3.63) is 23.9 Å². The fraction of sp³-hybridized carbons (Fsp3) is 0.364. The van der Waals surface area contributed by atoms with Gasteiger partial charge in [-0.15, -0.1) is 0 Å². The van der Waals surface area contributed by atoms with E-state index in [2.05, 4.69) is 16.3 Å². The number of benzene rings is 1. The van der Waals surface area contributed by atoms with Crippen molar-refractivity contribution in [2.75, 3.05) is 0 Å². The van der Waals surface area contributed by atoms with Crippen molar-refractivity contribution in [2.24, 2.45) is 0 Å². The van der Waals surface area contributed by atoms with Crippen molar-refractivity contribution in [3.8, 4) is 5.75 Å². The summed E-state index contributed by atoms with van der Waals surface area (Å²) in [7, 11) is 0. The summed E-state index contributed by atoms with van der Waals surface area (Å²) in [6.45, 7) is 6.09. The van der Waals surface area contributed by atoms with Gasteiger partial charge in [0, 0.05) is 5.39 Å². The Hall–Kier alpha value is -1.51. The van der Waals surface area contributed by atoms with Crippen LogP contribution in [0.5, 0.6) is 5.75 Å². The van der Waals surface area contributed by atoms with E-state index in [1.807, 2.05) is 33.0 Å². The van der Waals surface area contributed by atoms with Crippen LogP contribution in [0.3, 0.4) is 0 Å². The number of ether oxygens (including phenoxy) is 1. The number of fused-ring (bicyclic) bond motifs is 1. The van der Waals surface area contributed by atoms with Gasteiger partial charge in [0.1, 0.15) is 5.75 Å². The maximum Gasteiger partial charge on any atom is 0.123 e. The minimum absolute atomic E-state index is 0.207. The maximum absolute atomic E-state index is 5.68. The summed E-state index contributed by atoms with van der Waals surface area (Å²) in [5.41, 5.74) is 2.19. The summed E-state index contributed by atoms with van der Waals surface area (Å²) in [5.74, 6) is 0.939. The van der Waals surface area contributed by atoms with Gasteiger partial charge in [-0.25, -0.2) is 0 Å². The minimum atomic E-state index is 0.207. The number of aryl methyl sites for hydroxylation is 1. The normalized spacial score (nSPS) is 11.1. The highest BCUT2D eigenvalue weighted by molar-refractivity contribution is 5.80. The molecule has 0 spiro atoms. The first-order valence-corrected chi connectivity index (χ1v) is 4.77. The fourth-order valence-corrected chi connectivity index (χ4v) is 1.46. The van der Waals surface area contributed by atoms with E-state index in [1.54, 1.807) is 0 Å². The molecule has 0 atom stereocenters. The molecule has 0 bridgehead atoms. The minimum Gasteiger partial charge on any atom is -0.491 e. The van der Waals surface area contributed by atoms with Gasteiger partial charge in [0.25, 0.3) is 0 Å². The molecule has 0 unspecified atom stereocenters. The molecule has 0 fully saturated rings. The average Bonchev–Trinajstić information content (AvgIpc) is 2.51. The molecule has 2 rings (SSSR count). The molecule has 0 aliphatic heterocycles. The lowest BCUT2D eigenvalue weighted by molar-refractivity contribution is 0.241. The van der Waals surface area contributed by atoms with Crippen LogP contribution in [0.2, 0.25) is 0 Å². The molecule has 1 aromatic heterocycles. The number of nitrogens with zero attached hydrogens (tertiary/aromatic N) is 1. The fourth-order valence-electron chi connectivity index (χ4n) is 1.46. The molecular weight excluding hydrogens is 176 g/mol. The van der Waals surface area contributed by atoms with Crippen molar-refractivity contribution in [1.29, 1.82) is 0 Å². The van der Waals surface area contributed by atoms with Gasteiger partial charge in [-0.1, -0.05) is 0 Å². The van der Waals surface area contributed by atoms with E-state index >= 15 is 0 Å². The Kier molecular flexibility index (Phi) is 2.15. The summed E-state index contributed by atoms with van der Waals surface area (Å²) < 4.78 is 5.68. The molecule has 0 radical (unpaired) electrons. The lowest BCUT2D eigenvalue weighted by atomic mass is 10.1. The Morgan fingerprint density at radius 3 is 2.86 bits per heavy atom. The van der Waals surface area contributed by atoms with Crippen molar-refractivity contribution in [3.63, 3.8) is 0 Å². The van der Waals surface area contributed by atoms with E-state index in [9.17, 15) is 0 Å². The molecule has 14 heavy (non-hydrogen) atoms. The van der Waals surface area contributed by atoms with Gasteiger partial charge in [-0.2, -0.15) is 5.10 Å². The van der Waals surface area contributed by atoms with Crippen molar-refractivity contribution in [2.45, 2.75) is 26.9 Å². The number of H-pyrrole nitrogens is 1. The van der Waals surface area contributed by atoms with Gasteiger partial charge < -0.3 is 4.74 Å². The van der Waals surface area contributed by atoms with Crippen LogP contribution in [-0.2, 0) is 0 Å². The summed E-state index contributed by atoms with van der Waals surface area (Å²) >= 11 is 0. The Morgan fingerprint density at radius 1 is 1.36 bits per heavy atom. The summed E-state index contributed by atoms with van der Waals surface area (Å²) in [5, 5.41) is 8.01. The first-order valence-electron chi connectivity index (χ1n) is 4.77. The zero-order valence-electron chi connectivity index (χ0n) is 8.66. The van der Waals surface area contributed by atoms with Gasteiger partial charge in [0.05, 0.1) is 17.8 Å². The third-order valence-corrected chi connectivity index (χ3v) is 2.10. The predicted octanol–water partition coefficient (Wildman–Crippen LogP) is 2.66. The van der Waals surface area contributed by atoms with E-state index < -0.39 is 0 Å². The zero-order valence-corrected chi connectivity index (χ0v) is 8.66. The van der Waals surface area contributed by atoms with E-state index in [4.69, 9.17) is 4.74 Å². The largest absolute Gasteiger partial charge is 0.491 e. The van der Waals surface area contributed by atoms with Gasteiger partial charge in [0.15, 0.2) is 0 Å². The van der Waals surface area contributed by atoms with Gasteiger partial charge in [0.2, 0.25) is 0 Å². The molecule has 0 aliphatic rings. The van der Waals surface area contributed by atoms with Crippen LogP contribution in [0, 0.1) is 6.92 Å². The third-order valence-electron chi connectivity index (χ3n) is 2.10. The highest BCUT2D eigenvalue weighted by Gasteiger charge is 2.05. The highest BCUT2D eigenvalue weighted by atomic mass is 16.5. The molecule has 3 nitrogen and oxygen atoms in total. The second kappa shape index (κ2) is 3.33. The molecule has 1 aromatic carbocycles. The monoisotopic (exact) mass is 190 g/mol. The predicted molar refractivity (Wildman–Crippen MR) is 56.6 cm³/mol. The summed E-state index contributed by atoms with van der Waals surface area (Å²) in [6.07, 6.45) is 2.01. The van der Waals surface area contributed by atoms with Crippen LogP contribution in [-0.4, -0.2) is 16.3 Å². The molecular formula is C11H14N2O. The number of hydrogen-bond donors (Lipinski definition) is 1. The van der Waals surface area contributed by atoms with Crippen LogP contribution in [0.15, 0.2) is 18.3 Å². The Bertz CT molecular complexity index is 445. The van der Waals surface area contributed by atoms with E-state index in [1.165, 1.54) is 0 Å². The average molecular weight is 190 g/mol. The smallest absolute Gasteiger partial charge is 0.123 e. The zero-order chi connectivity index (χ0) is 10.1. The number of nitrogens with one attached hydrogen (secondary N) is 1. The number of aromatic nitrogens is 2. The summed E-state index contributed by atoms with van der Waals surface area (Å²) in [6, 6.07) is 4.08. The van der Waals surface area contributed by atoms with E-state index in [0.717, 1.165) is 22.2 Å². The van der Waals surface area contributed by atoms with Crippen LogP contribution in [0.1, 0.15) is 19.4 Å². The lowest BCUT2D eigenvalue weighted by Crippen LogP contribution is -2.06. The Balaban J connectivity index is 2.48. The topological polar surface area (TPSA) is 37.9 Å². The van der Waals surface area contributed by atoms with Gasteiger partial charge in [-0.3, -0.25) is 5.10 Å². The maximum atomic E-state index is 5.68. The van der Waals surface area contributed by atoms with Crippen molar-refractivity contribution < 1.29 is 4.74 Å². The van der Waals surface area contributed by atoms with Gasteiger partial charge >= 0.3 is 0 Å². The van der Waals surface area contributed by atoms with Crippen molar-refractivity contribution in [1.82, 2.24) is 10.2 Å². The van der Waals surface area contributed by atoms with Gasteiger partial charge in [-0.05, 0) is 38.5 Å². The SMILES string of the molecule is Cc1cc2[nH]ncc2cc1OC(C)C. The standard InChI is InChI=1S/C11H14N2O/c1-7(2)14-11-5-9-6-12-13-10(9)4-8(11)3/h4-7H,1-3H3,(H,12,13). The van der Waals surface area contributed by atoms with Crippen molar-refractivity contribution >= 4 is 10.9 Å². The number of hydrogen-bond acceptors (Lipinski definition) is 2. The molecule has 1 heterocycles. The second-order valence-corrected chi connectivity index (χ2v) is 3.74. The van der Waals surface area contributed by atoms with E-state index in [0.29, 0.717) is 0 Å². The molecule has 0 amide bonds. The first kappa shape index (κ1) is 9.06. The quantitative estimate of drug-likeness (QED) is 0.790. The van der Waals surface area contributed by atoms with Crippen LogP contribution in [0.4, 0.5) is 0 Å². The molecule has 2 aromatic rings. The lowest BCUT2D eigenvalue weighted by Gasteiger charge is -2.12. The molecule has 0 aliphatic carbocycles. The molecule has 3 heteroatoms. The highest BCUT2D eigenvalue weighted by Crippen LogP contribution is 2.24. The molecule has 74 valence electrons. The molecule has 0 saturated heterocycles. The Morgan fingerprint density at radius 2 is 2.14 bits per heavy atom. The first-order chi connectivity index (χ1) is 6.66. The molecule has 1 N–H and O–H groups in total. The van der Waals surface area contributed by atoms with E-state index in [-0.39, 0.29) is 6.10 Å². The van der Waals surface area contributed by atoms with Crippen LogP contribution in [0.25, 0.3) is 10.9 Å². The number of aromatic amines is 1. The third kappa shape index (κ3) is 1.58. The second-order valence-electron chi connectivity index (χ2n) is 3.74.